The maximum atomic E-state index is 12.3. The van der Waals surface area contributed by atoms with Crippen LogP contribution in [-0.4, -0.2) is 8.80 Å². The largest absolute Gasteiger partial charge is 0.270 e. The molecule has 174 valence electrons. The van der Waals surface area contributed by atoms with Gasteiger partial charge in [-0.05, 0) is 54.6 Å². The van der Waals surface area contributed by atoms with E-state index >= 15 is 0 Å². The summed E-state index contributed by atoms with van der Waals surface area (Å²) in [6.07, 6.45) is 17.7. The summed E-state index contributed by atoms with van der Waals surface area (Å²) in [5.74, 6) is 3.07. The number of halogens is 2. The van der Waals surface area contributed by atoms with Gasteiger partial charge in [0.1, 0.15) is 0 Å². The lowest BCUT2D eigenvalue weighted by Gasteiger charge is -2.37. The molecule has 0 amide bonds. The molecule has 0 aromatic heterocycles. The summed E-state index contributed by atoms with van der Waals surface area (Å²) in [4.78, 5) is 0. The highest BCUT2D eigenvalue weighted by Crippen LogP contribution is 2.42. The highest BCUT2D eigenvalue weighted by Gasteiger charge is 2.30. The fourth-order valence-corrected chi connectivity index (χ4v) is 9.78. The van der Waals surface area contributed by atoms with Crippen LogP contribution >= 0.6 is 0 Å². The Bertz CT molecular complexity index is 633. The van der Waals surface area contributed by atoms with Crippen LogP contribution in [0, 0.1) is 17.8 Å². The van der Waals surface area contributed by atoms with E-state index in [0.717, 1.165) is 30.3 Å². The lowest BCUT2D eigenvalue weighted by Crippen LogP contribution is -2.28. The van der Waals surface area contributed by atoms with Crippen LogP contribution in [0.3, 0.4) is 0 Å². The minimum absolute atomic E-state index is 0.354. The minimum Gasteiger partial charge on any atom is -0.173 e. The summed E-state index contributed by atoms with van der Waals surface area (Å²) in [7, 11) is -0.354. The van der Waals surface area contributed by atoms with E-state index in [2.05, 4.69) is 6.92 Å². The van der Waals surface area contributed by atoms with Gasteiger partial charge in [-0.25, -0.2) is 0 Å². The predicted molar refractivity (Wildman–Crippen MR) is 133 cm³/mol. The fourth-order valence-electron chi connectivity index (χ4n) is 6.25. The molecule has 1 heterocycles. The molecule has 2 aliphatic rings. The Balaban J connectivity index is 1.26. The van der Waals surface area contributed by atoms with Crippen molar-refractivity contribution in [2.24, 2.45) is 17.8 Å². The quantitative estimate of drug-likeness (QED) is 0.235. The number of aryl methyl sites for hydroxylation is 1. The number of rotatable bonds is 11. The van der Waals surface area contributed by atoms with E-state index in [1.165, 1.54) is 69.8 Å². The molecule has 0 radical (unpaired) electrons. The van der Waals surface area contributed by atoms with Crippen LogP contribution < -0.4 is 0 Å². The molecular weight excluding hydrogens is 402 g/mol. The lowest BCUT2D eigenvalue weighted by molar-refractivity contribution is 0.184. The Kier molecular flexibility index (Phi) is 10.8. The normalized spacial score (nSPS) is 26.5. The Morgan fingerprint density at radius 1 is 0.871 bits per heavy atom. The molecule has 1 aliphatic heterocycles. The number of benzene rings is 1. The maximum Gasteiger partial charge on any atom is 0.270 e. The smallest absolute Gasteiger partial charge is 0.173 e. The molecule has 1 saturated carbocycles. The zero-order chi connectivity index (χ0) is 21.9. The van der Waals surface area contributed by atoms with Crippen LogP contribution in [0.5, 0.6) is 0 Å². The van der Waals surface area contributed by atoms with Gasteiger partial charge >= 0.3 is 0 Å². The van der Waals surface area contributed by atoms with Crippen molar-refractivity contribution in [1.82, 2.24) is 0 Å². The van der Waals surface area contributed by atoms with E-state index in [0.29, 0.717) is 5.56 Å². The summed E-state index contributed by atoms with van der Waals surface area (Å²) >= 11 is 0. The average molecular weight is 447 g/mol. The number of hydrogen-bond donors (Lipinski definition) is 0. The molecule has 31 heavy (non-hydrogen) atoms. The van der Waals surface area contributed by atoms with Crippen molar-refractivity contribution in [3.63, 3.8) is 0 Å². The van der Waals surface area contributed by atoms with Crippen LogP contribution in [0.2, 0.25) is 18.1 Å². The SMILES string of the molecule is CCCCC[SiH]1CCC(C2CCC(CCCCc3ccc(C=C(F)F)cc3)CC2)CC1. The molecule has 0 bridgehead atoms. The Morgan fingerprint density at radius 2 is 1.55 bits per heavy atom. The van der Waals surface area contributed by atoms with Gasteiger partial charge in [0, 0.05) is 14.9 Å². The second-order valence-corrected chi connectivity index (χ2v) is 13.9. The van der Waals surface area contributed by atoms with Crippen LogP contribution in [0.4, 0.5) is 8.78 Å². The summed E-state index contributed by atoms with van der Waals surface area (Å²) in [5, 5.41) is 0. The zero-order valence-corrected chi connectivity index (χ0v) is 20.9. The van der Waals surface area contributed by atoms with Crippen molar-refractivity contribution in [1.29, 1.82) is 0 Å². The van der Waals surface area contributed by atoms with Crippen LogP contribution in [0.1, 0.15) is 95.1 Å². The predicted octanol–water partition coefficient (Wildman–Crippen LogP) is 9.27. The molecule has 2 fully saturated rings. The van der Waals surface area contributed by atoms with E-state index in [9.17, 15) is 8.78 Å². The minimum atomic E-state index is -1.63. The first-order valence-electron chi connectivity index (χ1n) is 13.3. The Morgan fingerprint density at radius 3 is 2.19 bits per heavy atom. The molecule has 1 aromatic rings. The summed E-state index contributed by atoms with van der Waals surface area (Å²) in [6, 6.07) is 12.5. The highest BCUT2D eigenvalue weighted by atomic mass is 28.3. The van der Waals surface area contributed by atoms with Gasteiger partial charge in [0.05, 0.1) is 0 Å². The van der Waals surface area contributed by atoms with Crippen molar-refractivity contribution in [2.75, 3.05) is 0 Å². The third-order valence-electron chi connectivity index (χ3n) is 8.25. The summed E-state index contributed by atoms with van der Waals surface area (Å²) in [5.41, 5.74) is 1.86. The van der Waals surface area contributed by atoms with Crippen molar-refractivity contribution in [3.05, 3.63) is 41.5 Å². The summed E-state index contributed by atoms with van der Waals surface area (Å²) < 4.78 is 24.6. The van der Waals surface area contributed by atoms with Gasteiger partial charge in [-0.3, -0.25) is 0 Å². The third-order valence-corrected chi connectivity index (χ3v) is 11.8. The van der Waals surface area contributed by atoms with Crippen molar-refractivity contribution in [3.8, 4) is 0 Å². The van der Waals surface area contributed by atoms with Gasteiger partial charge in [0.2, 0.25) is 0 Å². The second-order valence-electron chi connectivity index (χ2n) is 10.5. The molecule has 0 atom stereocenters. The van der Waals surface area contributed by atoms with Gasteiger partial charge in [0.25, 0.3) is 6.08 Å². The molecule has 1 aliphatic carbocycles. The average Bonchev–Trinajstić information content (AvgIpc) is 2.79. The molecule has 0 nitrogen and oxygen atoms in total. The van der Waals surface area contributed by atoms with Crippen LogP contribution in [0.15, 0.2) is 30.3 Å². The molecule has 1 aromatic carbocycles. The van der Waals surface area contributed by atoms with Gasteiger partial charge < -0.3 is 0 Å². The standard InChI is InChI=1S/C28H44F2Si/c1-2-3-6-19-31-20-17-27(18-21-31)26-15-13-24(14-16-26)8-5-4-7-23-9-11-25(12-10-23)22-28(29)30/h9-12,22,24,26-27,31H,2-8,13-21H2,1H3. The zero-order valence-electron chi connectivity index (χ0n) is 19.8. The van der Waals surface area contributed by atoms with Crippen molar-refractivity contribution in [2.45, 2.75) is 109 Å². The van der Waals surface area contributed by atoms with Gasteiger partial charge in [0.15, 0.2) is 0 Å². The number of unbranched alkanes of at least 4 members (excludes halogenated alkanes) is 3. The molecule has 0 unspecified atom stereocenters. The van der Waals surface area contributed by atoms with E-state index in [1.54, 1.807) is 43.1 Å². The second kappa shape index (κ2) is 13.6. The first-order valence-corrected chi connectivity index (χ1v) is 15.7. The van der Waals surface area contributed by atoms with Gasteiger partial charge in [-0.1, -0.05) is 107 Å². The first-order chi connectivity index (χ1) is 15.1. The topological polar surface area (TPSA) is 0 Å². The Hall–Kier alpha value is -0.963. The summed E-state index contributed by atoms with van der Waals surface area (Å²) in [6.45, 7) is 2.33. The van der Waals surface area contributed by atoms with Gasteiger partial charge in [-0.15, -0.1) is 0 Å². The molecular formula is C28H44F2Si. The molecule has 3 rings (SSSR count). The van der Waals surface area contributed by atoms with E-state index in [-0.39, 0.29) is 8.80 Å². The van der Waals surface area contributed by atoms with Crippen LogP contribution in [-0.2, 0) is 6.42 Å². The van der Waals surface area contributed by atoms with Crippen molar-refractivity contribution < 1.29 is 8.78 Å². The van der Waals surface area contributed by atoms with Gasteiger partial charge in [-0.2, -0.15) is 8.78 Å². The van der Waals surface area contributed by atoms with E-state index < -0.39 is 6.08 Å². The monoisotopic (exact) mass is 446 g/mol. The van der Waals surface area contributed by atoms with Crippen molar-refractivity contribution >= 4 is 14.9 Å². The molecule has 0 spiro atoms. The van der Waals surface area contributed by atoms with E-state index in [1.807, 2.05) is 12.1 Å². The Labute approximate surface area is 191 Å². The van der Waals surface area contributed by atoms with Crippen LogP contribution in [0.25, 0.3) is 6.08 Å². The fraction of sp³-hybridized carbons (Fsp3) is 0.714. The lowest BCUT2D eigenvalue weighted by atomic mass is 9.73. The number of hydrogen-bond acceptors (Lipinski definition) is 0. The molecule has 0 N–H and O–H groups in total. The van der Waals surface area contributed by atoms with E-state index in [4.69, 9.17) is 0 Å². The molecule has 1 saturated heterocycles. The maximum absolute atomic E-state index is 12.3. The first kappa shape index (κ1) is 24.7. The molecule has 3 heteroatoms. The third kappa shape index (κ3) is 8.83. The highest BCUT2D eigenvalue weighted by molar-refractivity contribution is 6.58.